The van der Waals surface area contributed by atoms with E-state index < -0.39 is 0 Å². The molecule has 2 rings (SSSR count). The SMILES string of the molecule is CSCC(C)N1Cc2ccccc2C1=N. The third kappa shape index (κ3) is 1.88. The number of hydrogen-bond donors (Lipinski definition) is 1. The maximum absolute atomic E-state index is 8.11. The molecule has 1 aliphatic rings. The molecule has 1 aromatic carbocycles. The summed E-state index contributed by atoms with van der Waals surface area (Å²) < 4.78 is 0. The summed E-state index contributed by atoms with van der Waals surface area (Å²) in [5, 5.41) is 8.11. The average Bonchev–Trinajstić information content (AvgIpc) is 2.57. The van der Waals surface area contributed by atoms with E-state index >= 15 is 0 Å². The lowest BCUT2D eigenvalue weighted by Crippen LogP contribution is -2.34. The van der Waals surface area contributed by atoms with Crippen LogP contribution in [-0.4, -0.2) is 28.8 Å². The predicted octanol–water partition coefficient (Wildman–Crippen LogP) is 2.58. The summed E-state index contributed by atoms with van der Waals surface area (Å²) in [5.74, 6) is 1.77. The molecule has 1 atom stereocenters. The first-order valence-electron chi connectivity index (χ1n) is 5.16. The molecule has 0 saturated heterocycles. The zero-order valence-electron chi connectivity index (χ0n) is 9.16. The van der Waals surface area contributed by atoms with Gasteiger partial charge < -0.3 is 4.90 Å². The van der Waals surface area contributed by atoms with Crippen molar-refractivity contribution in [2.45, 2.75) is 19.5 Å². The molecule has 0 spiro atoms. The van der Waals surface area contributed by atoms with Gasteiger partial charge in [0, 0.05) is 23.9 Å². The molecule has 0 radical (unpaired) electrons. The van der Waals surface area contributed by atoms with Gasteiger partial charge in [0.25, 0.3) is 0 Å². The Morgan fingerprint density at radius 1 is 1.47 bits per heavy atom. The molecule has 2 nitrogen and oxygen atoms in total. The highest BCUT2D eigenvalue weighted by atomic mass is 32.2. The van der Waals surface area contributed by atoms with Gasteiger partial charge in [0.15, 0.2) is 0 Å². The second-order valence-corrected chi connectivity index (χ2v) is 4.85. The third-order valence-electron chi connectivity index (χ3n) is 2.84. The van der Waals surface area contributed by atoms with Crippen molar-refractivity contribution in [3.05, 3.63) is 35.4 Å². The zero-order valence-corrected chi connectivity index (χ0v) is 9.97. The Labute approximate surface area is 95.2 Å². The number of benzene rings is 1. The number of nitrogens with zero attached hydrogens (tertiary/aromatic N) is 1. The molecular formula is C12H16N2S. The Kier molecular flexibility index (Phi) is 3.00. The molecule has 0 aromatic heterocycles. The number of nitrogens with one attached hydrogen (secondary N) is 1. The summed E-state index contributed by atoms with van der Waals surface area (Å²) in [5.41, 5.74) is 2.39. The van der Waals surface area contributed by atoms with Gasteiger partial charge in [0.1, 0.15) is 5.84 Å². The normalized spacial score (nSPS) is 16.7. The lowest BCUT2D eigenvalue weighted by molar-refractivity contribution is 0.360. The van der Waals surface area contributed by atoms with E-state index in [0.717, 1.165) is 17.9 Å². The Bertz CT molecular complexity index is 376. The van der Waals surface area contributed by atoms with Crippen LogP contribution in [0.3, 0.4) is 0 Å². The van der Waals surface area contributed by atoms with E-state index in [0.29, 0.717) is 11.9 Å². The van der Waals surface area contributed by atoms with E-state index in [9.17, 15) is 0 Å². The highest BCUT2D eigenvalue weighted by molar-refractivity contribution is 7.98. The van der Waals surface area contributed by atoms with Crippen molar-refractivity contribution in [1.29, 1.82) is 5.41 Å². The summed E-state index contributed by atoms with van der Waals surface area (Å²) in [6, 6.07) is 8.67. The molecule has 1 unspecified atom stereocenters. The summed E-state index contributed by atoms with van der Waals surface area (Å²) >= 11 is 1.84. The maximum atomic E-state index is 8.11. The highest BCUT2D eigenvalue weighted by Gasteiger charge is 2.26. The first-order valence-corrected chi connectivity index (χ1v) is 6.56. The van der Waals surface area contributed by atoms with Gasteiger partial charge in [0.05, 0.1) is 0 Å². The van der Waals surface area contributed by atoms with Crippen molar-refractivity contribution in [3.8, 4) is 0 Å². The van der Waals surface area contributed by atoms with E-state index in [1.807, 2.05) is 23.9 Å². The van der Waals surface area contributed by atoms with Gasteiger partial charge in [0.2, 0.25) is 0 Å². The molecule has 1 heterocycles. The van der Waals surface area contributed by atoms with Crippen molar-refractivity contribution < 1.29 is 0 Å². The van der Waals surface area contributed by atoms with Crippen molar-refractivity contribution in [1.82, 2.24) is 4.90 Å². The Morgan fingerprint density at radius 3 is 2.87 bits per heavy atom. The van der Waals surface area contributed by atoms with Crippen LogP contribution in [0.5, 0.6) is 0 Å². The van der Waals surface area contributed by atoms with Crippen LogP contribution >= 0.6 is 11.8 Å². The average molecular weight is 220 g/mol. The standard InChI is InChI=1S/C12H16N2S/c1-9(8-15-2)14-7-10-5-3-4-6-11(10)12(14)13/h3-6,9,13H,7-8H2,1-2H3. The van der Waals surface area contributed by atoms with Gasteiger partial charge in [-0.05, 0) is 18.7 Å². The van der Waals surface area contributed by atoms with Crippen molar-refractivity contribution >= 4 is 17.6 Å². The molecule has 3 heteroatoms. The summed E-state index contributed by atoms with van der Waals surface area (Å²) in [7, 11) is 0. The van der Waals surface area contributed by atoms with Crippen LogP contribution in [0.4, 0.5) is 0 Å². The summed E-state index contributed by atoms with van der Waals surface area (Å²) in [4.78, 5) is 2.18. The molecule has 80 valence electrons. The van der Waals surface area contributed by atoms with Crippen molar-refractivity contribution in [2.24, 2.45) is 0 Å². The molecular weight excluding hydrogens is 204 g/mol. The lowest BCUT2D eigenvalue weighted by atomic mass is 10.1. The van der Waals surface area contributed by atoms with Crippen LogP contribution in [0.15, 0.2) is 24.3 Å². The zero-order chi connectivity index (χ0) is 10.8. The van der Waals surface area contributed by atoms with Gasteiger partial charge >= 0.3 is 0 Å². The van der Waals surface area contributed by atoms with E-state index in [2.05, 4.69) is 30.2 Å². The van der Waals surface area contributed by atoms with Crippen LogP contribution in [0.25, 0.3) is 0 Å². The number of fused-ring (bicyclic) bond motifs is 1. The minimum absolute atomic E-state index is 0.444. The van der Waals surface area contributed by atoms with Crippen LogP contribution in [0.1, 0.15) is 18.1 Å². The van der Waals surface area contributed by atoms with Gasteiger partial charge in [-0.15, -0.1) is 0 Å². The minimum atomic E-state index is 0.444. The molecule has 0 fully saturated rings. The van der Waals surface area contributed by atoms with Crippen molar-refractivity contribution in [3.63, 3.8) is 0 Å². The van der Waals surface area contributed by atoms with Crippen molar-refractivity contribution in [2.75, 3.05) is 12.0 Å². The largest absolute Gasteiger partial charge is 0.349 e. The van der Waals surface area contributed by atoms with E-state index in [4.69, 9.17) is 5.41 Å². The van der Waals surface area contributed by atoms with Crippen LogP contribution in [-0.2, 0) is 6.54 Å². The quantitative estimate of drug-likeness (QED) is 0.847. The van der Waals surface area contributed by atoms with E-state index in [-0.39, 0.29) is 0 Å². The fourth-order valence-electron chi connectivity index (χ4n) is 2.01. The second-order valence-electron chi connectivity index (χ2n) is 3.94. The minimum Gasteiger partial charge on any atom is -0.349 e. The number of rotatable bonds is 3. The first kappa shape index (κ1) is 10.6. The van der Waals surface area contributed by atoms with Crippen LogP contribution < -0.4 is 0 Å². The first-order chi connectivity index (χ1) is 7.24. The molecule has 1 aromatic rings. The van der Waals surface area contributed by atoms with Gasteiger partial charge in [-0.1, -0.05) is 24.3 Å². The van der Waals surface area contributed by atoms with E-state index in [1.54, 1.807) is 0 Å². The van der Waals surface area contributed by atoms with Gasteiger partial charge in [-0.3, -0.25) is 5.41 Å². The monoisotopic (exact) mass is 220 g/mol. The molecule has 1 N–H and O–H groups in total. The molecule has 0 aliphatic carbocycles. The second kappa shape index (κ2) is 4.27. The molecule has 0 bridgehead atoms. The Hall–Kier alpha value is -0.960. The fourth-order valence-corrected chi connectivity index (χ4v) is 2.68. The molecule has 0 saturated carbocycles. The fraction of sp³-hybridized carbons (Fsp3) is 0.417. The van der Waals surface area contributed by atoms with E-state index in [1.165, 1.54) is 5.56 Å². The molecule has 15 heavy (non-hydrogen) atoms. The Balaban J connectivity index is 2.20. The van der Waals surface area contributed by atoms with Gasteiger partial charge in [-0.25, -0.2) is 0 Å². The molecule has 0 amide bonds. The highest BCUT2D eigenvalue weighted by Crippen LogP contribution is 2.24. The predicted molar refractivity (Wildman–Crippen MR) is 66.7 cm³/mol. The Morgan fingerprint density at radius 2 is 2.20 bits per heavy atom. The number of amidine groups is 1. The summed E-state index contributed by atoms with van der Waals surface area (Å²) in [6.07, 6.45) is 2.11. The summed E-state index contributed by atoms with van der Waals surface area (Å²) in [6.45, 7) is 3.09. The topological polar surface area (TPSA) is 27.1 Å². The molecule has 1 aliphatic heterocycles. The van der Waals surface area contributed by atoms with Crippen LogP contribution in [0, 0.1) is 5.41 Å². The number of thioether (sulfide) groups is 1. The smallest absolute Gasteiger partial charge is 0.128 e. The lowest BCUT2D eigenvalue weighted by Gasteiger charge is -2.25. The van der Waals surface area contributed by atoms with Crippen LogP contribution in [0.2, 0.25) is 0 Å². The maximum Gasteiger partial charge on any atom is 0.128 e. The number of hydrogen-bond acceptors (Lipinski definition) is 2. The van der Waals surface area contributed by atoms with Gasteiger partial charge in [-0.2, -0.15) is 11.8 Å². The third-order valence-corrected chi connectivity index (χ3v) is 3.66.